The molecule has 0 radical (unpaired) electrons. The fourth-order valence-corrected chi connectivity index (χ4v) is 3.16. The van der Waals surface area contributed by atoms with Crippen molar-refractivity contribution in [1.29, 1.82) is 0 Å². The Morgan fingerprint density at radius 1 is 1.00 bits per heavy atom. The molecule has 0 fully saturated rings. The maximum Gasteiger partial charge on any atom is 0.276 e. The number of aryl methyl sites for hydroxylation is 1. The summed E-state index contributed by atoms with van der Waals surface area (Å²) in [6.07, 6.45) is 6.43. The van der Waals surface area contributed by atoms with E-state index in [0.29, 0.717) is 12.1 Å². The van der Waals surface area contributed by atoms with Gasteiger partial charge in [0.25, 0.3) is 5.56 Å². The van der Waals surface area contributed by atoms with Crippen molar-refractivity contribution < 1.29 is 0 Å². The highest BCUT2D eigenvalue weighted by molar-refractivity contribution is 5.65. The van der Waals surface area contributed by atoms with Crippen LogP contribution in [0.15, 0.2) is 78.4 Å². The number of hydrogen-bond acceptors (Lipinski definition) is 2. The van der Waals surface area contributed by atoms with Crippen LogP contribution in [0.3, 0.4) is 0 Å². The molecule has 0 saturated carbocycles. The second-order valence-electron chi connectivity index (χ2n) is 6.59. The lowest BCUT2D eigenvalue weighted by molar-refractivity contribution is 0.743. The van der Waals surface area contributed by atoms with E-state index < -0.39 is 0 Å². The zero-order chi connectivity index (χ0) is 18.8. The second-order valence-corrected chi connectivity index (χ2v) is 6.59. The zero-order valence-corrected chi connectivity index (χ0v) is 15.3. The van der Waals surface area contributed by atoms with Crippen LogP contribution in [0.1, 0.15) is 23.6 Å². The first-order valence-electron chi connectivity index (χ1n) is 9.07. The molecule has 4 aromatic rings. The molecular weight excluding hydrogens is 334 g/mol. The molecule has 2 heterocycles. The molecule has 4 heteroatoms. The molecule has 27 heavy (non-hydrogen) atoms. The average Bonchev–Trinajstić information content (AvgIpc) is 3.16. The SMILES string of the molecule is C=Cc1ccc(Cn2ccn3nc(-c4ccc(CC)cc4)cc3c2=O)cc1. The highest BCUT2D eigenvalue weighted by Crippen LogP contribution is 2.19. The smallest absolute Gasteiger partial charge is 0.276 e. The zero-order valence-electron chi connectivity index (χ0n) is 15.3. The maximum atomic E-state index is 12.9. The van der Waals surface area contributed by atoms with Gasteiger partial charge >= 0.3 is 0 Å². The summed E-state index contributed by atoms with van der Waals surface area (Å²) in [5.41, 5.74) is 5.78. The molecule has 0 aliphatic rings. The van der Waals surface area contributed by atoms with Crippen molar-refractivity contribution in [2.24, 2.45) is 0 Å². The molecule has 2 aromatic carbocycles. The van der Waals surface area contributed by atoms with E-state index in [1.54, 1.807) is 15.3 Å². The summed E-state index contributed by atoms with van der Waals surface area (Å²) in [5.74, 6) is 0. The molecule has 0 spiro atoms. The predicted octanol–water partition coefficient (Wildman–Crippen LogP) is 4.42. The van der Waals surface area contributed by atoms with E-state index in [9.17, 15) is 4.79 Å². The van der Waals surface area contributed by atoms with Crippen LogP contribution in [0.5, 0.6) is 0 Å². The van der Waals surface area contributed by atoms with Crippen molar-refractivity contribution >= 4 is 11.6 Å². The predicted molar refractivity (Wildman–Crippen MR) is 110 cm³/mol. The van der Waals surface area contributed by atoms with E-state index in [-0.39, 0.29) is 5.56 Å². The van der Waals surface area contributed by atoms with Crippen molar-refractivity contribution in [3.05, 3.63) is 101 Å². The Hall–Kier alpha value is -3.40. The first kappa shape index (κ1) is 17.0. The van der Waals surface area contributed by atoms with Gasteiger partial charge in [-0.15, -0.1) is 0 Å². The first-order valence-corrected chi connectivity index (χ1v) is 9.07. The van der Waals surface area contributed by atoms with Gasteiger partial charge in [-0.25, -0.2) is 4.52 Å². The molecule has 134 valence electrons. The standard InChI is InChI=1S/C23H21N3O/c1-3-17-5-7-19(8-6-17)16-25-13-14-26-22(23(25)27)15-21(24-26)20-11-9-18(4-2)10-12-20/h3,5-15H,1,4,16H2,2H3. The van der Waals surface area contributed by atoms with Gasteiger partial charge in [0.2, 0.25) is 0 Å². The van der Waals surface area contributed by atoms with Crippen LogP contribution in [0.25, 0.3) is 22.9 Å². The topological polar surface area (TPSA) is 39.3 Å². The van der Waals surface area contributed by atoms with Gasteiger partial charge in [0, 0.05) is 18.0 Å². The third-order valence-electron chi connectivity index (χ3n) is 4.83. The van der Waals surface area contributed by atoms with E-state index in [1.807, 2.05) is 42.6 Å². The molecule has 0 amide bonds. The van der Waals surface area contributed by atoms with Gasteiger partial charge in [0.15, 0.2) is 0 Å². The summed E-state index contributed by atoms with van der Waals surface area (Å²) in [6.45, 7) is 6.42. The van der Waals surface area contributed by atoms with Crippen LogP contribution in [-0.2, 0) is 13.0 Å². The van der Waals surface area contributed by atoms with Crippen LogP contribution in [-0.4, -0.2) is 14.2 Å². The minimum absolute atomic E-state index is 0.0470. The Labute approximate surface area is 158 Å². The van der Waals surface area contributed by atoms with E-state index in [4.69, 9.17) is 0 Å². The molecule has 0 aliphatic heterocycles. The second kappa shape index (κ2) is 7.08. The number of hydrogen-bond donors (Lipinski definition) is 0. The molecule has 0 atom stereocenters. The number of rotatable bonds is 5. The molecular formula is C23H21N3O. The average molecular weight is 355 g/mol. The monoisotopic (exact) mass is 355 g/mol. The fraction of sp³-hybridized carbons (Fsp3) is 0.130. The van der Waals surface area contributed by atoms with Gasteiger partial charge in [-0.05, 0) is 29.2 Å². The lowest BCUT2D eigenvalue weighted by Gasteiger charge is -2.06. The summed E-state index contributed by atoms with van der Waals surface area (Å²) >= 11 is 0. The Bertz CT molecular complexity index is 1150. The number of benzene rings is 2. The molecule has 0 bridgehead atoms. The summed E-state index contributed by atoms with van der Waals surface area (Å²) < 4.78 is 3.37. The van der Waals surface area contributed by atoms with Crippen molar-refractivity contribution in [1.82, 2.24) is 14.2 Å². The summed E-state index contributed by atoms with van der Waals surface area (Å²) in [6, 6.07) is 18.2. The van der Waals surface area contributed by atoms with Crippen LogP contribution < -0.4 is 5.56 Å². The third kappa shape index (κ3) is 3.34. The van der Waals surface area contributed by atoms with E-state index in [2.05, 4.69) is 42.9 Å². The Kier molecular flexibility index (Phi) is 4.47. The van der Waals surface area contributed by atoms with E-state index in [0.717, 1.165) is 28.8 Å². The summed E-state index contributed by atoms with van der Waals surface area (Å²) in [5, 5.41) is 4.56. The van der Waals surface area contributed by atoms with Gasteiger partial charge in [0.1, 0.15) is 5.52 Å². The van der Waals surface area contributed by atoms with Gasteiger partial charge in [-0.2, -0.15) is 5.10 Å². The van der Waals surface area contributed by atoms with Gasteiger partial charge < -0.3 is 4.57 Å². The van der Waals surface area contributed by atoms with E-state index in [1.165, 1.54) is 5.56 Å². The molecule has 0 N–H and O–H groups in total. The van der Waals surface area contributed by atoms with Gasteiger partial charge in [0.05, 0.1) is 12.2 Å². The van der Waals surface area contributed by atoms with Gasteiger partial charge in [-0.1, -0.05) is 68.1 Å². The lowest BCUT2D eigenvalue weighted by atomic mass is 10.1. The minimum atomic E-state index is -0.0470. The first-order chi connectivity index (χ1) is 13.2. The fourth-order valence-electron chi connectivity index (χ4n) is 3.16. The highest BCUT2D eigenvalue weighted by atomic mass is 16.1. The van der Waals surface area contributed by atoms with Crippen molar-refractivity contribution in [3.8, 4) is 11.3 Å². The lowest BCUT2D eigenvalue weighted by Crippen LogP contribution is -2.21. The number of aromatic nitrogens is 3. The van der Waals surface area contributed by atoms with Crippen molar-refractivity contribution in [2.75, 3.05) is 0 Å². The molecule has 2 aromatic heterocycles. The van der Waals surface area contributed by atoms with Crippen molar-refractivity contribution in [3.63, 3.8) is 0 Å². The van der Waals surface area contributed by atoms with Crippen LogP contribution >= 0.6 is 0 Å². The van der Waals surface area contributed by atoms with Crippen LogP contribution in [0.2, 0.25) is 0 Å². The van der Waals surface area contributed by atoms with Crippen LogP contribution in [0, 0.1) is 0 Å². The highest BCUT2D eigenvalue weighted by Gasteiger charge is 2.09. The normalized spacial score (nSPS) is 11.0. The Morgan fingerprint density at radius 3 is 2.37 bits per heavy atom. The van der Waals surface area contributed by atoms with E-state index >= 15 is 0 Å². The number of fused-ring (bicyclic) bond motifs is 1. The minimum Gasteiger partial charge on any atom is -0.308 e. The largest absolute Gasteiger partial charge is 0.308 e. The molecule has 0 saturated heterocycles. The van der Waals surface area contributed by atoms with Gasteiger partial charge in [-0.3, -0.25) is 4.79 Å². The number of nitrogens with zero attached hydrogens (tertiary/aromatic N) is 3. The summed E-state index contributed by atoms with van der Waals surface area (Å²) in [4.78, 5) is 12.9. The molecule has 0 aliphatic carbocycles. The Morgan fingerprint density at radius 2 is 1.70 bits per heavy atom. The maximum absolute atomic E-state index is 12.9. The molecule has 0 unspecified atom stereocenters. The van der Waals surface area contributed by atoms with Crippen LogP contribution in [0.4, 0.5) is 0 Å². The van der Waals surface area contributed by atoms with Crippen molar-refractivity contribution in [2.45, 2.75) is 19.9 Å². The Balaban J connectivity index is 1.68. The molecule has 4 nitrogen and oxygen atoms in total. The molecule has 4 rings (SSSR count). The summed E-state index contributed by atoms with van der Waals surface area (Å²) in [7, 11) is 0. The quantitative estimate of drug-likeness (QED) is 0.532. The third-order valence-corrected chi connectivity index (χ3v) is 4.83.